The van der Waals surface area contributed by atoms with E-state index in [1.807, 2.05) is 24.3 Å². The monoisotopic (exact) mass is 288 g/mol. The van der Waals surface area contributed by atoms with Crippen LogP contribution in [0.4, 0.5) is 5.69 Å². The van der Waals surface area contributed by atoms with E-state index in [2.05, 4.69) is 15.2 Å². The van der Waals surface area contributed by atoms with E-state index in [0.29, 0.717) is 11.9 Å². The third-order valence-electron chi connectivity index (χ3n) is 4.27. The molecule has 1 aromatic carbocycles. The van der Waals surface area contributed by atoms with Gasteiger partial charge in [-0.05, 0) is 43.9 Å². The van der Waals surface area contributed by atoms with E-state index in [9.17, 15) is 0 Å². The van der Waals surface area contributed by atoms with E-state index in [0.717, 1.165) is 24.0 Å². The highest BCUT2D eigenvalue weighted by atomic mass is 16.5. The third kappa shape index (κ3) is 3.67. The molecule has 1 aromatic rings. The van der Waals surface area contributed by atoms with Crippen molar-refractivity contribution < 1.29 is 4.74 Å². The van der Waals surface area contributed by atoms with Gasteiger partial charge in [0.25, 0.3) is 0 Å². The molecule has 5 heteroatoms. The van der Waals surface area contributed by atoms with Crippen molar-refractivity contribution >= 4 is 11.6 Å². The molecule has 0 aromatic heterocycles. The number of methoxy groups -OCH3 is 1. The second kappa shape index (κ2) is 6.35. The lowest BCUT2D eigenvalue weighted by Crippen LogP contribution is -2.26. The van der Waals surface area contributed by atoms with Crippen LogP contribution in [0.3, 0.4) is 0 Å². The van der Waals surface area contributed by atoms with Gasteiger partial charge in [-0.25, -0.2) is 0 Å². The van der Waals surface area contributed by atoms with Crippen molar-refractivity contribution in [3.8, 4) is 5.75 Å². The fraction of sp³-hybridized carbons (Fsp3) is 0.562. The Bertz CT molecular complexity index is 513. The number of ether oxygens (including phenoxy) is 1. The molecule has 0 spiro atoms. The summed E-state index contributed by atoms with van der Waals surface area (Å²) in [4.78, 5) is 7.09. The molecule has 21 heavy (non-hydrogen) atoms. The number of guanidine groups is 1. The molecule has 2 fully saturated rings. The molecule has 3 N–H and O–H groups in total. The molecular formula is C16H24N4O. The first-order chi connectivity index (χ1) is 10.3. The second-order valence-corrected chi connectivity index (χ2v) is 5.93. The molecule has 1 atom stereocenters. The van der Waals surface area contributed by atoms with Gasteiger partial charge >= 0.3 is 0 Å². The highest BCUT2D eigenvalue weighted by molar-refractivity contribution is 5.93. The summed E-state index contributed by atoms with van der Waals surface area (Å²) in [6, 6.07) is 8.58. The number of likely N-dealkylation sites (tertiary alicyclic amines) is 1. The van der Waals surface area contributed by atoms with Crippen LogP contribution in [0.2, 0.25) is 0 Å². The van der Waals surface area contributed by atoms with Gasteiger partial charge in [-0.15, -0.1) is 0 Å². The van der Waals surface area contributed by atoms with Crippen LogP contribution in [-0.4, -0.2) is 43.6 Å². The van der Waals surface area contributed by atoms with Gasteiger partial charge in [-0.3, -0.25) is 4.99 Å². The van der Waals surface area contributed by atoms with Crippen molar-refractivity contribution in [1.82, 2.24) is 4.90 Å². The first-order valence-electron chi connectivity index (χ1n) is 7.70. The predicted octanol–water partition coefficient (Wildman–Crippen LogP) is 1.91. The molecule has 3 rings (SSSR count). The van der Waals surface area contributed by atoms with Gasteiger partial charge < -0.3 is 20.7 Å². The number of hydrogen-bond acceptors (Lipinski definition) is 3. The number of para-hydroxylation sites is 2. The Labute approximate surface area is 126 Å². The number of hydrogen-bond donors (Lipinski definition) is 2. The van der Waals surface area contributed by atoms with Crippen molar-refractivity contribution in [1.29, 1.82) is 0 Å². The van der Waals surface area contributed by atoms with Crippen LogP contribution in [0.1, 0.15) is 19.3 Å². The lowest BCUT2D eigenvalue weighted by molar-refractivity contribution is 0.315. The van der Waals surface area contributed by atoms with E-state index in [-0.39, 0.29) is 0 Å². The highest BCUT2D eigenvalue weighted by Gasteiger charge is 2.34. The molecule has 1 unspecified atom stereocenters. The first kappa shape index (κ1) is 14.2. The summed E-state index contributed by atoms with van der Waals surface area (Å²) in [6.45, 7) is 3.21. The molecule has 1 saturated heterocycles. The average Bonchev–Trinajstić information content (AvgIpc) is 3.25. The summed E-state index contributed by atoms with van der Waals surface area (Å²) in [6.07, 6.45) is 4.00. The number of nitrogens with one attached hydrogen (secondary N) is 1. The summed E-state index contributed by atoms with van der Waals surface area (Å²) in [5.41, 5.74) is 6.84. The van der Waals surface area contributed by atoms with Crippen LogP contribution in [0.25, 0.3) is 0 Å². The lowest BCUT2D eigenvalue weighted by Gasteiger charge is -2.14. The summed E-state index contributed by atoms with van der Waals surface area (Å²) in [7, 11) is 1.65. The SMILES string of the molecule is COc1ccccc1NC(N)=NCC1CCN(C2CC2)C1. The molecule has 1 saturated carbocycles. The minimum absolute atomic E-state index is 0.462. The zero-order valence-electron chi connectivity index (χ0n) is 12.6. The largest absolute Gasteiger partial charge is 0.495 e. The average molecular weight is 288 g/mol. The van der Waals surface area contributed by atoms with Crippen LogP contribution in [0.5, 0.6) is 5.75 Å². The number of aliphatic imine (C=N–C) groups is 1. The van der Waals surface area contributed by atoms with Crippen molar-refractivity contribution in [2.75, 3.05) is 32.1 Å². The van der Waals surface area contributed by atoms with Gasteiger partial charge in [0.1, 0.15) is 5.75 Å². The summed E-state index contributed by atoms with van der Waals surface area (Å²) < 4.78 is 5.29. The summed E-state index contributed by atoms with van der Waals surface area (Å²) in [5, 5.41) is 3.12. The quantitative estimate of drug-likeness (QED) is 0.642. The Hall–Kier alpha value is -1.75. The van der Waals surface area contributed by atoms with E-state index in [1.165, 1.54) is 32.4 Å². The van der Waals surface area contributed by atoms with Crippen LogP contribution >= 0.6 is 0 Å². The highest BCUT2D eigenvalue weighted by Crippen LogP contribution is 2.31. The topological polar surface area (TPSA) is 62.9 Å². The van der Waals surface area contributed by atoms with E-state index in [1.54, 1.807) is 7.11 Å². The number of nitrogens with zero attached hydrogens (tertiary/aromatic N) is 2. The maximum absolute atomic E-state index is 5.98. The van der Waals surface area contributed by atoms with Gasteiger partial charge in [0.15, 0.2) is 5.96 Å². The molecule has 0 amide bonds. The predicted molar refractivity (Wildman–Crippen MR) is 85.8 cm³/mol. The summed E-state index contributed by atoms with van der Waals surface area (Å²) in [5.74, 6) is 1.88. The van der Waals surface area contributed by atoms with Crippen molar-refractivity contribution in [2.45, 2.75) is 25.3 Å². The zero-order valence-corrected chi connectivity index (χ0v) is 12.6. The van der Waals surface area contributed by atoms with Crippen LogP contribution in [0, 0.1) is 5.92 Å². The Morgan fingerprint density at radius 2 is 2.19 bits per heavy atom. The molecule has 2 aliphatic rings. The smallest absolute Gasteiger partial charge is 0.193 e. The Balaban J connectivity index is 1.51. The lowest BCUT2D eigenvalue weighted by atomic mass is 10.1. The minimum Gasteiger partial charge on any atom is -0.495 e. The fourth-order valence-corrected chi connectivity index (χ4v) is 2.94. The second-order valence-electron chi connectivity index (χ2n) is 5.93. The van der Waals surface area contributed by atoms with Crippen LogP contribution in [0.15, 0.2) is 29.3 Å². The fourth-order valence-electron chi connectivity index (χ4n) is 2.94. The molecule has 1 heterocycles. The Morgan fingerprint density at radius 3 is 2.95 bits per heavy atom. The molecule has 0 bridgehead atoms. The van der Waals surface area contributed by atoms with Crippen molar-refractivity contribution in [2.24, 2.45) is 16.6 Å². The van der Waals surface area contributed by atoms with E-state index in [4.69, 9.17) is 10.5 Å². The van der Waals surface area contributed by atoms with Crippen molar-refractivity contribution in [3.05, 3.63) is 24.3 Å². The number of rotatable bonds is 5. The van der Waals surface area contributed by atoms with Gasteiger partial charge in [-0.2, -0.15) is 0 Å². The maximum atomic E-state index is 5.98. The first-order valence-corrected chi connectivity index (χ1v) is 7.70. The molecular weight excluding hydrogens is 264 g/mol. The molecule has 0 radical (unpaired) electrons. The number of anilines is 1. The van der Waals surface area contributed by atoms with Crippen LogP contribution in [-0.2, 0) is 0 Å². The molecule has 114 valence electrons. The van der Waals surface area contributed by atoms with Crippen LogP contribution < -0.4 is 15.8 Å². The van der Waals surface area contributed by atoms with Gasteiger partial charge in [0.05, 0.1) is 12.8 Å². The zero-order chi connectivity index (χ0) is 14.7. The number of benzene rings is 1. The number of nitrogens with two attached hydrogens (primary N) is 1. The molecule has 5 nitrogen and oxygen atoms in total. The minimum atomic E-state index is 0.462. The normalized spacial score (nSPS) is 23.3. The van der Waals surface area contributed by atoms with Gasteiger partial charge in [0.2, 0.25) is 0 Å². The standard InChI is InChI=1S/C16H24N4O/c1-21-15-5-3-2-4-14(15)19-16(17)18-10-12-8-9-20(11-12)13-6-7-13/h2-5,12-13H,6-11H2,1H3,(H3,17,18,19). The molecule has 1 aliphatic carbocycles. The van der Waals surface area contributed by atoms with Crippen molar-refractivity contribution in [3.63, 3.8) is 0 Å². The maximum Gasteiger partial charge on any atom is 0.193 e. The third-order valence-corrected chi connectivity index (χ3v) is 4.27. The Kier molecular flexibility index (Phi) is 4.29. The Morgan fingerprint density at radius 1 is 1.38 bits per heavy atom. The molecule has 1 aliphatic heterocycles. The van der Waals surface area contributed by atoms with Gasteiger partial charge in [0, 0.05) is 19.1 Å². The van der Waals surface area contributed by atoms with E-state index >= 15 is 0 Å². The summed E-state index contributed by atoms with van der Waals surface area (Å²) >= 11 is 0. The van der Waals surface area contributed by atoms with Gasteiger partial charge in [-0.1, -0.05) is 12.1 Å². The van der Waals surface area contributed by atoms with E-state index < -0.39 is 0 Å².